The van der Waals surface area contributed by atoms with Crippen LogP contribution in [0.15, 0.2) is 0 Å². The average molecular weight is 368 g/mol. The van der Waals surface area contributed by atoms with Crippen LogP contribution in [0.2, 0.25) is 9.36 Å². The molecule has 0 aliphatic carbocycles. The molecule has 122 valence electrons. The molecule has 0 spiro atoms. The number of amides is 1. The largest absolute Gasteiger partial charge is 0.468 e. The van der Waals surface area contributed by atoms with Crippen molar-refractivity contribution in [1.82, 2.24) is 0 Å². The Hall–Kier alpha value is -1.31. The van der Waals surface area contributed by atoms with Crippen LogP contribution in [-0.2, 0) is 14.3 Å². The first kappa shape index (κ1) is 18.7. The van der Waals surface area contributed by atoms with Gasteiger partial charge in [0, 0.05) is 0 Å². The summed E-state index contributed by atoms with van der Waals surface area (Å²) in [5, 5.41) is 0.00327. The SMILES string of the molecule is COC(=O)CN(C(=O)OC(C)(C)C)c1c(C=O)sc(Cl)c1Cl. The second-order valence-corrected chi connectivity index (χ2v) is 7.20. The molecule has 0 atom stereocenters. The van der Waals surface area contributed by atoms with Crippen molar-refractivity contribution < 1.29 is 23.9 Å². The fraction of sp³-hybridized carbons (Fsp3) is 0.462. The number of methoxy groups -OCH3 is 1. The minimum atomic E-state index is -0.836. The van der Waals surface area contributed by atoms with Crippen LogP contribution in [0.3, 0.4) is 0 Å². The summed E-state index contributed by atoms with van der Waals surface area (Å²) in [6, 6.07) is 0. The Labute approximate surface area is 141 Å². The van der Waals surface area contributed by atoms with Gasteiger partial charge in [0.1, 0.15) is 16.5 Å². The zero-order chi connectivity index (χ0) is 17.1. The number of nitrogens with zero attached hydrogens (tertiary/aromatic N) is 1. The molecule has 0 N–H and O–H groups in total. The number of halogens is 2. The van der Waals surface area contributed by atoms with Crippen molar-refractivity contribution in [3.63, 3.8) is 0 Å². The Balaban J connectivity index is 3.29. The van der Waals surface area contributed by atoms with Crippen LogP contribution in [0.25, 0.3) is 0 Å². The molecule has 6 nitrogen and oxygen atoms in total. The summed E-state index contributed by atoms with van der Waals surface area (Å²) < 4.78 is 9.92. The Morgan fingerprint density at radius 3 is 2.36 bits per heavy atom. The summed E-state index contributed by atoms with van der Waals surface area (Å²) in [7, 11) is 1.18. The molecule has 9 heteroatoms. The number of hydrogen-bond acceptors (Lipinski definition) is 6. The summed E-state index contributed by atoms with van der Waals surface area (Å²) >= 11 is 12.8. The number of carbonyl (C=O) groups excluding carboxylic acids is 3. The van der Waals surface area contributed by atoms with Crippen LogP contribution < -0.4 is 4.90 Å². The summed E-state index contributed by atoms with van der Waals surface area (Å²) in [5.41, 5.74) is -0.759. The molecule has 0 aromatic carbocycles. The van der Waals surface area contributed by atoms with Gasteiger partial charge in [0.25, 0.3) is 0 Å². The number of thiophene rings is 1. The van der Waals surface area contributed by atoms with E-state index in [-0.39, 0.29) is 19.9 Å². The van der Waals surface area contributed by atoms with E-state index in [1.54, 1.807) is 20.8 Å². The predicted molar refractivity (Wildman–Crippen MR) is 85.3 cm³/mol. The summed E-state index contributed by atoms with van der Waals surface area (Å²) in [6.45, 7) is 4.55. The van der Waals surface area contributed by atoms with Crippen LogP contribution in [0.5, 0.6) is 0 Å². The van der Waals surface area contributed by atoms with Crippen LogP contribution in [0.4, 0.5) is 10.5 Å². The van der Waals surface area contributed by atoms with E-state index in [0.29, 0.717) is 6.29 Å². The van der Waals surface area contributed by atoms with Gasteiger partial charge in [-0.25, -0.2) is 4.79 Å². The molecule has 0 saturated heterocycles. The number of aldehydes is 1. The first-order chi connectivity index (χ1) is 10.1. The average Bonchev–Trinajstić information content (AvgIpc) is 2.69. The molecule has 0 aliphatic rings. The van der Waals surface area contributed by atoms with Crippen LogP contribution in [0, 0.1) is 0 Å². The molecule has 1 rings (SSSR count). The predicted octanol–water partition coefficient (Wildman–Crippen LogP) is 3.78. The molecular weight excluding hydrogens is 353 g/mol. The standard InChI is InChI=1S/C13H15Cl2NO5S/c1-13(2,3)21-12(19)16(5-8(18)20-4)10-7(6-17)22-11(15)9(10)14/h6H,5H2,1-4H3. The third kappa shape index (κ3) is 4.59. The zero-order valence-corrected chi connectivity index (χ0v) is 14.8. The molecule has 1 amide bonds. The van der Waals surface area contributed by atoms with Gasteiger partial charge in [-0.1, -0.05) is 23.2 Å². The molecule has 1 heterocycles. The van der Waals surface area contributed by atoms with Gasteiger partial charge < -0.3 is 9.47 Å². The highest BCUT2D eigenvalue weighted by Crippen LogP contribution is 2.42. The van der Waals surface area contributed by atoms with E-state index < -0.39 is 24.2 Å². The van der Waals surface area contributed by atoms with Crippen LogP contribution in [-0.4, -0.2) is 37.6 Å². The Kier molecular flexibility index (Phi) is 6.22. The monoisotopic (exact) mass is 367 g/mol. The highest BCUT2D eigenvalue weighted by atomic mass is 35.5. The van der Waals surface area contributed by atoms with E-state index in [1.807, 2.05) is 0 Å². The molecule has 22 heavy (non-hydrogen) atoms. The van der Waals surface area contributed by atoms with E-state index >= 15 is 0 Å². The van der Waals surface area contributed by atoms with Crippen molar-refractivity contribution >= 4 is 58.6 Å². The van der Waals surface area contributed by atoms with Gasteiger partial charge in [0.2, 0.25) is 0 Å². The molecule has 0 bridgehead atoms. The zero-order valence-electron chi connectivity index (χ0n) is 12.4. The summed E-state index contributed by atoms with van der Waals surface area (Å²) in [6.07, 6.45) is -0.329. The number of anilines is 1. The van der Waals surface area contributed by atoms with Gasteiger partial charge in [-0.05, 0) is 20.8 Å². The van der Waals surface area contributed by atoms with Crippen molar-refractivity contribution in [2.24, 2.45) is 0 Å². The second kappa shape index (κ2) is 7.30. The molecular formula is C13H15Cl2NO5S. The van der Waals surface area contributed by atoms with Crippen molar-refractivity contribution in [1.29, 1.82) is 0 Å². The number of esters is 1. The lowest BCUT2D eigenvalue weighted by Crippen LogP contribution is -2.40. The van der Waals surface area contributed by atoms with E-state index in [2.05, 4.69) is 4.74 Å². The van der Waals surface area contributed by atoms with E-state index in [9.17, 15) is 14.4 Å². The Bertz CT molecular complexity index is 594. The maximum Gasteiger partial charge on any atom is 0.415 e. The summed E-state index contributed by atoms with van der Waals surface area (Å²) in [4.78, 5) is 36.1. The van der Waals surface area contributed by atoms with Crippen LogP contribution in [0.1, 0.15) is 30.4 Å². The van der Waals surface area contributed by atoms with Crippen molar-refractivity contribution in [2.45, 2.75) is 26.4 Å². The molecule has 1 aromatic rings. The topological polar surface area (TPSA) is 72.9 Å². The second-order valence-electron chi connectivity index (χ2n) is 5.16. The fourth-order valence-corrected chi connectivity index (χ4v) is 2.92. The third-order valence-electron chi connectivity index (χ3n) is 2.32. The van der Waals surface area contributed by atoms with Crippen LogP contribution >= 0.6 is 34.5 Å². The lowest BCUT2D eigenvalue weighted by molar-refractivity contribution is -0.139. The smallest absolute Gasteiger partial charge is 0.415 e. The lowest BCUT2D eigenvalue weighted by Gasteiger charge is -2.26. The molecule has 0 aliphatic heterocycles. The highest BCUT2D eigenvalue weighted by molar-refractivity contribution is 7.19. The van der Waals surface area contributed by atoms with Gasteiger partial charge in [-0.3, -0.25) is 14.5 Å². The first-order valence-electron chi connectivity index (χ1n) is 6.11. The lowest BCUT2D eigenvalue weighted by atomic mass is 10.2. The van der Waals surface area contributed by atoms with Crippen molar-refractivity contribution in [3.8, 4) is 0 Å². The number of carbonyl (C=O) groups is 3. The van der Waals surface area contributed by atoms with Gasteiger partial charge in [-0.2, -0.15) is 0 Å². The first-order valence-corrected chi connectivity index (χ1v) is 7.68. The van der Waals surface area contributed by atoms with Gasteiger partial charge >= 0.3 is 12.1 Å². The molecule has 0 unspecified atom stereocenters. The minimum Gasteiger partial charge on any atom is -0.468 e. The third-order valence-corrected chi connectivity index (χ3v) is 4.21. The molecule has 1 aromatic heterocycles. The summed E-state index contributed by atoms with van der Waals surface area (Å²) in [5.74, 6) is -0.693. The molecule has 0 fully saturated rings. The quantitative estimate of drug-likeness (QED) is 0.597. The molecule has 0 saturated carbocycles. The highest BCUT2D eigenvalue weighted by Gasteiger charge is 2.31. The Morgan fingerprint density at radius 2 is 1.91 bits per heavy atom. The normalized spacial score (nSPS) is 11.0. The maximum absolute atomic E-state index is 12.3. The minimum absolute atomic E-state index is 0.00327. The maximum atomic E-state index is 12.3. The van der Waals surface area contributed by atoms with Crippen molar-refractivity contribution in [3.05, 3.63) is 14.2 Å². The number of hydrogen-bond donors (Lipinski definition) is 0. The Morgan fingerprint density at radius 1 is 1.32 bits per heavy atom. The molecule has 0 radical (unpaired) electrons. The fourth-order valence-electron chi connectivity index (χ4n) is 1.47. The van der Waals surface area contributed by atoms with Gasteiger partial charge in [0.05, 0.1) is 22.7 Å². The number of ether oxygens (including phenoxy) is 2. The van der Waals surface area contributed by atoms with Gasteiger partial charge in [0.15, 0.2) is 6.29 Å². The van der Waals surface area contributed by atoms with Gasteiger partial charge in [-0.15, -0.1) is 11.3 Å². The van der Waals surface area contributed by atoms with Crippen molar-refractivity contribution in [2.75, 3.05) is 18.6 Å². The van der Waals surface area contributed by atoms with E-state index in [0.717, 1.165) is 16.2 Å². The van der Waals surface area contributed by atoms with E-state index in [1.165, 1.54) is 7.11 Å². The number of rotatable bonds is 4. The van der Waals surface area contributed by atoms with E-state index in [4.69, 9.17) is 27.9 Å².